The SMILES string of the molecule is CC(=O)N1CCN(C(=O)c2ccc3nc[nH]c3c2)CC1. The van der Waals surface area contributed by atoms with Gasteiger partial charge in [0.2, 0.25) is 5.91 Å². The number of piperazine rings is 1. The lowest BCUT2D eigenvalue weighted by Crippen LogP contribution is -2.50. The number of rotatable bonds is 1. The Kier molecular flexibility index (Phi) is 3.14. The van der Waals surface area contributed by atoms with Crippen LogP contribution in [0.2, 0.25) is 0 Å². The van der Waals surface area contributed by atoms with Crippen molar-refractivity contribution in [3.8, 4) is 0 Å². The van der Waals surface area contributed by atoms with Crippen LogP contribution in [0.15, 0.2) is 24.5 Å². The Labute approximate surface area is 116 Å². The molecule has 0 radical (unpaired) electrons. The van der Waals surface area contributed by atoms with E-state index < -0.39 is 0 Å². The van der Waals surface area contributed by atoms with Gasteiger partial charge in [0.25, 0.3) is 5.91 Å². The Morgan fingerprint density at radius 1 is 1.15 bits per heavy atom. The summed E-state index contributed by atoms with van der Waals surface area (Å²) in [6.45, 7) is 3.93. The molecule has 1 aromatic heterocycles. The second kappa shape index (κ2) is 4.96. The number of benzene rings is 1. The van der Waals surface area contributed by atoms with Gasteiger partial charge in [0, 0.05) is 38.7 Å². The van der Waals surface area contributed by atoms with E-state index in [-0.39, 0.29) is 11.8 Å². The maximum Gasteiger partial charge on any atom is 0.254 e. The molecule has 20 heavy (non-hydrogen) atoms. The van der Waals surface area contributed by atoms with Crippen LogP contribution in [0.1, 0.15) is 17.3 Å². The van der Waals surface area contributed by atoms with Crippen LogP contribution in [0, 0.1) is 0 Å². The van der Waals surface area contributed by atoms with Gasteiger partial charge in [0.05, 0.1) is 17.4 Å². The molecule has 2 aromatic rings. The smallest absolute Gasteiger partial charge is 0.254 e. The van der Waals surface area contributed by atoms with Crippen LogP contribution in [0.3, 0.4) is 0 Å². The van der Waals surface area contributed by atoms with Crippen molar-refractivity contribution in [1.82, 2.24) is 19.8 Å². The second-order valence-electron chi connectivity index (χ2n) is 4.93. The van der Waals surface area contributed by atoms with Gasteiger partial charge in [-0.3, -0.25) is 9.59 Å². The first-order valence-electron chi connectivity index (χ1n) is 6.63. The van der Waals surface area contributed by atoms with Gasteiger partial charge in [0.15, 0.2) is 0 Å². The van der Waals surface area contributed by atoms with Crippen LogP contribution >= 0.6 is 0 Å². The van der Waals surface area contributed by atoms with E-state index in [1.165, 1.54) is 0 Å². The molecular formula is C14H16N4O2. The van der Waals surface area contributed by atoms with Crippen molar-refractivity contribution in [3.63, 3.8) is 0 Å². The van der Waals surface area contributed by atoms with Gasteiger partial charge in [-0.2, -0.15) is 0 Å². The highest BCUT2D eigenvalue weighted by atomic mass is 16.2. The number of aromatic nitrogens is 2. The first kappa shape index (κ1) is 12.7. The summed E-state index contributed by atoms with van der Waals surface area (Å²) in [6.07, 6.45) is 1.62. The Bertz CT molecular complexity index is 656. The van der Waals surface area contributed by atoms with Crippen LogP contribution in [-0.4, -0.2) is 57.8 Å². The maximum atomic E-state index is 12.4. The lowest BCUT2D eigenvalue weighted by Gasteiger charge is -2.34. The summed E-state index contributed by atoms with van der Waals surface area (Å²) in [5, 5.41) is 0. The van der Waals surface area contributed by atoms with E-state index in [1.54, 1.807) is 29.1 Å². The Balaban J connectivity index is 1.74. The average molecular weight is 272 g/mol. The van der Waals surface area contributed by atoms with Gasteiger partial charge in [-0.25, -0.2) is 4.98 Å². The maximum absolute atomic E-state index is 12.4. The average Bonchev–Trinajstić information content (AvgIpc) is 2.94. The van der Waals surface area contributed by atoms with Gasteiger partial charge in [-0.05, 0) is 18.2 Å². The zero-order chi connectivity index (χ0) is 14.1. The van der Waals surface area contributed by atoms with Crippen LogP contribution in [0.25, 0.3) is 11.0 Å². The highest BCUT2D eigenvalue weighted by molar-refractivity contribution is 5.97. The minimum atomic E-state index is 0.00435. The van der Waals surface area contributed by atoms with E-state index in [9.17, 15) is 9.59 Å². The number of nitrogens with zero attached hydrogens (tertiary/aromatic N) is 3. The molecule has 2 amide bonds. The molecule has 0 atom stereocenters. The topological polar surface area (TPSA) is 69.3 Å². The lowest BCUT2D eigenvalue weighted by atomic mass is 10.1. The molecule has 1 fully saturated rings. The zero-order valence-electron chi connectivity index (χ0n) is 11.3. The number of hydrogen-bond acceptors (Lipinski definition) is 3. The summed E-state index contributed by atoms with van der Waals surface area (Å²) >= 11 is 0. The van der Waals surface area contributed by atoms with Crippen molar-refractivity contribution >= 4 is 22.8 Å². The van der Waals surface area contributed by atoms with Crippen LogP contribution in [-0.2, 0) is 4.79 Å². The molecule has 1 N–H and O–H groups in total. The molecule has 1 aromatic carbocycles. The monoisotopic (exact) mass is 272 g/mol. The zero-order valence-corrected chi connectivity index (χ0v) is 11.3. The number of carbonyl (C=O) groups is 2. The number of hydrogen-bond donors (Lipinski definition) is 1. The first-order chi connectivity index (χ1) is 9.65. The van der Waals surface area contributed by atoms with E-state index in [1.807, 2.05) is 12.1 Å². The molecule has 6 nitrogen and oxygen atoms in total. The second-order valence-corrected chi connectivity index (χ2v) is 4.93. The minimum absolute atomic E-state index is 0.00435. The molecule has 3 rings (SSSR count). The van der Waals surface area contributed by atoms with Gasteiger partial charge in [-0.1, -0.05) is 0 Å². The number of fused-ring (bicyclic) bond motifs is 1. The highest BCUT2D eigenvalue weighted by Gasteiger charge is 2.23. The third kappa shape index (κ3) is 2.24. The fourth-order valence-corrected chi connectivity index (χ4v) is 2.48. The molecule has 0 unspecified atom stereocenters. The molecular weight excluding hydrogens is 256 g/mol. The molecule has 1 aliphatic rings. The first-order valence-corrected chi connectivity index (χ1v) is 6.63. The third-order valence-electron chi connectivity index (χ3n) is 3.68. The van der Waals surface area contributed by atoms with Crippen molar-refractivity contribution < 1.29 is 9.59 Å². The van der Waals surface area contributed by atoms with E-state index in [0.29, 0.717) is 31.7 Å². The van der Waals surface area contributed by atoms with E-state index >= 15 is 0 Å². The fourth-order valence-electron chi connectivity index (χ4n) is 2.48. The Morgan fingerprint density at radius 3 is 2.55 bits per heavy atom. The summed E-state index contributed by atoms with van der Waals surface area (Å²) in [5.41, 5.74) is 2.36. The molecule has 1 saturated heterocycles. The molecule has 6 heteroatoms. The summed E-state index contributed by atoms with van der Waals surface area (Å²) in [5.74, 6) is 0.0701. The predicted molar refractivity (Wildman–Crippen MR) is 74.3 cm³/mol. The van der Waals surface area contributed by atoms with E-state index in [4.69, 9.17) is 0 Å². The fraction of sp³-hybridized carbons (Fsp3) is 0.357. The minimum Gasteiger partial charge on any atom is -0.345 e. The Hall–Kier alpha value is -2.37. The summed E-state index contributed by atoms with van der Waals surface area (Å²) in [6, 6.07) is 5.45. The van der Waals surface area contributed by atoms with Crippen molar-refractivity contribution in [2.75, 3.05) is 26.2 Å². The van der Waals surface area contributed by atoms with Crippen molar-refractivity contribution in [2.24, 2.45) is 0 Å². The van der Waals surface area contributed by atoms with E-state index in [0.717, 1.165) is 11.0 Å². The standard InChI is InChI=1S/C14H16N4O2/c1-10(19)17-4-6-18(7-5-17)14(20)11-2-3-12-13(8-11)16-9-15-12/h2-3,8-9H,4-7H2,1H3,(H,15,16). The van der Waals surface area contributed by atoms with Crippen molar-refractivity contribution in [2.45, 2.75) is 6.92 Å². The van der Waals surface area contributed by atoms with Crippen LogP contribution in [0.4, 0.5) is 0 Å². The molecule has 104 valence electrons. The number of H-pyrrole nitrogens is 1. The van der Waals surface area contributed by atoms with Gasteiger partial charge >= 0.3 is 0 Å². The molecule has 0 spiro atoms. The Morgan fingerprint density at radius 2 is 1.85 bits per heavy atom. The lowest BCUT2D eigenvalue weighted by molar-refractivity contribution is -0.130. The van der Waals surface area contributed by atoms with Gasteiger partial charge < -0.3 is 14.8 Å². The molecule has 2 heterocycles. The number of nitrogens with one attached hydrogen (secondary N) is 1. The summed E-state index contributed by atoms with van der Waals surface area (Å²) in [7, 11) is 0. The number of carbonyl (C=O) groups excluding carboxylic acids is 2. The van der Waals surface area contributed by atoms with Gasteiger partial charge in [-0.15, -0.1) is 0 Å². The molecule has 0 bridgehead atoms. The highest BCUT2D eigenvalue weighted by Crippen LogP contribution is 2.14. The molecule has 0 saturated carbocycles. The molecule has 1 aliphatic heterocycles. The number of amides is 2. The van der Waals surface area contributed by atoms with E-state index in [2.05, 4.69) is 9.97 Å². The van der Waals surface area contributed by atoms with Gasteiger partial charge in [0.1, 0.15) is 0 Å². The van der Waals surface area contributed by atoms with Crippen molar-refractivity contribution in [1.29, 1.82) is 0 Å². The van der Waals surface area contributed by atoms with Crippen LogP contribution < -0.4 is 0 Å². The normalized spacial score (nSPS) is 15.7. The summed E-state index contributed by atoms with van der Waals surface area (Å²) < 4.78 is 0. The van der Waals surface area contributed by atoms with Crippen LogP contribution in [0.5, 0.6) is 0 Å². The largest absolute Gasteiger partial charge is 0.345 e. The molecule has 0 aliphatic carbocycles. The third-order valence-corrected chi connectivity index (χ3v) is 3.68. The number of imidazole rings is 1. The number of aromatic amines is 1. The summed E-state index contributed by atoms with van der Waals surface area (Å²) in [4.78, 5) is 34.4. The predicted octanol–water partition coefficient (Wildman–Crippen LogP) is 0.867. The van der Waals surface area contributed by atoms with Crippen molar-refractivity contribution in [3.05, 3.63) is 30.1 Å². The quantitative estimate of drug-likeness (QED) is 0.837.